The lowest BCUT2D eigenvalue weighted by Crippen LogP contribution is -3.20. The molecule has 0 spiro atoms. The van der Waals surface area contributed by atoms with Crippen molar-refractivity contribution in [3.05, 3.63) is 41.1 Å². The van der Waals surface area contributed by atoms with Crippen LogP contribution in [-0.2, 0) is 0 Å². The Hall–Kier alpha value is -3.41. The van der Waals surface area contributed by atoms with E-state index in [4.69, 9.17) is 28.6 Å². The molecule has 1 unspecified atom stereocenters. The van der Waals surface area contributed by atoms with Gasteiger partial charge in [0, 0.05) is 30.2 Å². The average molecular weight is 322 g/mol. The molecule has 8 nitrogen and oxygen atoms in total. The van der Waals surface area contributed by atoms with Crippen molar-refractivity contribution < 1.29 is 5.01 Å². The van der Waals surface area contributed by atoms with Gasteiger partial charge in [-0.05, 0) is 19.1 Å². The van der Waals surface area contributed by atoms with Gasteiger partial charge in [0.1, 0.15) is 17.4 Å². The Morgan fingerprint density at radius 1 is 1.43 bits per heavy atom. The van der Waals surface area contributed by atoms with Gasteiger partial charge in [-0.2, -0.15) is 15.8 Å². The van der Waals surface area contributed by atoms with Crippen molar-refractivity contribution in [3.8, 4) is 18.2 Å². The van der Waals surface area contributed by atoms with Gasteiger partial charge in [0.05, 0.1) is 0 Å². The van der Waals surface area contributed by atoms with Crippen molar-refractivity contribution in [1.29, 1.82) is 15.8 Å². The molecule has 0 aliphatic carbocycles. The summed E-state index contributed by atoms with van der Waals surface area (Å²) in [6.45, 7) is 1.60. The maximum atomic E-state index is 9.40. The van der Waals surface area contributed by atoms with Crippen LogP contribution in [0.2, 0.25) is 0 Å². The summed E-state index contributed by atoms with van der Waals surface area (Å²) >= 11 is 4.86. The molecule has 1 aromatic heterocycles. The van der Waals surface area contributed by atoms with Gasteiger partial charge in [0.15, 0.2) is 12.1 Å². The molecule has 1 rings (SSSR count). The van der Waals surface area contributed by atoms with Crippen molar-refractivity contribution >= 4 is 28.9 Å². The molecule has 0 amide bonds. The molecule has 1 aromatic rings. The first kappa shape index (κ1) is 17.6. The van der Waals surface area contributed by atoms with E-state index >= 15 is 0 Å². The van der Waals surface area contributed by atoms with Crippen LogP contribution in [0.3, 0.4) is 0 Å². The molecule has 23 heavy (non-hydrogen) atoms. The van der Waals surface area contributed by atoms with Crippen molar-refractivity contribution in [3.63, 3.8) is 0 Å². The number of nitrogens with zero attached hydrogens (tertiary/aromatic N) is 6. The smallest absolute Gasteiger partial charge is 0.341 e. The van der Waals surface area contributed by atoms with E-state index in [1.807, 2.05) is 0 Å². The highest BCUT2D eigenvalue weighted by atomic mass is 32.1. The van der Waals surface area contributed by atoms with Crippen LogP contribution < -0.4 is 10.7 Å². The molecule has 0 saturated heterocycles. The second-order valence-electron chi connectivity index (χ2n) is 4.22. The number of nitriles is 3. The highest BCUT2D eigenvalue weighted by Crippen LogP contribution is 2.09. The molecule has 9 heteroatoms. The van der Waals surface area contributed by atoms with E-state index in [1.165, 1.54) is 18.1 Å². The minimum atomic E-state index is -2.25. The summed E-state index contributed by atoms with van der Waals surface area (Å²) in [6.07, 6.45) is 3.09. The quantitative estimate of drug-likeness (QED) is 0.327. The normalized spacial score (nSPS) is 12.0. The van der Waals surface area contributed by atoms with E-state index in [1.54, 1.807) is 37.4 Å². The van der Waals surface area contributed by atoms with Gasteiger partial charge in [-0.15, -0.1) is 5.01 Å². The second-order valence-corrected chi connectivity index (χ2v) is 4.66. The Bertz CT molecular complexity index is 801. The zero-order valence-corrected chi connectivity index (χ0v) is 12.8. The molecule has 0 aliphatic rings. The minimum Gasteiger partial charge on any atom is -0.762 e. The van der Waals surface area contributed by atoms with Gasteiger partial charge in [-0.25, -0.2) is 5.87 Å². The lowest BCUT2D eigenvalue weighted by Gasteiger charge is -2.22. The summed E-state index contributed by atoms with van der Waals surface area (Å²) in [7, 11) is 0. The number of quaternary nitrogens is 1. The van der Waals surface area contributed by atoms with E-state index < -0.39 is 11.1 Å². The predicted molar refractivity (Wildman–Crippen MR) is 85.6 cm³/mol. The summed E-state index contributed by atoms with van der Waals surface area (Å²) in [5, 5.41) is 40.3. The van der Waals surface area contributed by atoms with Gasteiger partial charge in [0.2, 0.25) is 0 Å². The first-order chi connectivity index (χ1) is 11.0. The van der Waals surface area contributed by atoms with Gasteiger partial charge >= 0.3 is 5.54 Å². The van der Waals surface area contributed by atoms with Gasteiger partial charge < -0.3 is 11.1 Å². The molecule has 0 fully saturated rings. The van der Waals surface area contributed by atoms with Gasteiger partial charge in [-0.1, -0.05) is 5.10 Å². The molecule has 3 N–H and O–H groups in total. The van der Waals surface area contributed by atoms with Crippen LogP contribution in [0.1, 0.15) is 12.5 Å². The van der Waals surface area contributed by atoms with Crippen molar-refractivity contribution in [2.75, 3.05) is 0 Å². The van der Waals surface area contributed by atoms with Crippen LogP contribution in [0.15, 0.2) is 35.2 Å². The molecule has 112 valence electrons. The largest absolute Gasteiger partial charge is 0.762 e. The Balaban J connectivity index is 3.56. The number of nitrogens with one attached hydrogen (secondary N) is 1. The first-order valence-corrected chi connectivity index (χ1v) is 6.50. The third-order valence-electron chi connectivity index (χ3n) is 2.88. The monoisotopic (exact) mass is 322 g/mol. The van der Waals surface area contributed by atoms with Gasteiger partial charge in [0.25, 0.3) is 5.11 Å². The summed E-state index contributed by atoms with van der Waals surface area (Å²) in [6, 6.07) is 8.20. The predicted octanol–water partition coefficient (Wildman–Crippen LogP) is -0.591. The molecule has 0 saturated carbocycles. The number of nitrogens with two attached hydrogens (primary N) is 1. The molecule has 0 radical (unpaired) electrons. The van der Waals surface area contributed by atoms with Crippen molar-refractivity contribution in [2.45, 2.75) is 12.5 Å². The highest BCUT2D eigenvalue weighted by Gasteiger charge is 2.49. The lowest BCUT2D eigenvalue weighted by molar-refractivity contribution is -0.843. The number of aromatic nitrogens is 1. The Morgan fingerprint density at radius 3 is 2.48 bits per heavy atom. The summed E-state index contributed by atoms with van der Waals surface area (Å²) in [5.74, 6) is 1.54. The molecule has 1 atom stereocenters. The summed E-state index contributed by atoms with van der Waals surface area (Å²) in [4.78, 5) is 3.93. The van der Waals surface area contributed by atoms with Crippen molar-refractivity contribution in [2.24, 2.45) is 10.8 Å². The zero-order valence-electron chi connectivity index (χ0n) is 12.0. The first-order valence-electron chi connectivity index (χ1n) is 6.09. The Morgan fingerprint density at radius 2 is 2.09 bits per heavy atom. The Labute approximate surface area is 137 Å². The topological polar surface area (TPSA) is 149 Å². The molecular weight excluding hydrogens is 312 g/mol. The zero-order chi connectivity index (χ0) is 17.5. The van der Waals surface area contributed by atoms with E-state index in [0.717, 1.165) is 0 Å². The van der Waals surface area contributed by atoms with E-state index in [9.17, 15) is 10.5 Å². The SMILES string of the molecule is C/C(=N/[NH+](C(N)=S)C(C#N)(C#N)C(=C=[N-])C#N)c1cccnc1. The lowest BCUT2D eigenvalue weighted by atomic mass is 9.94. The van der Waals surface area contributed by atoms with E-state index in [-0.39, 0.29) is 10.1 Å². The standard InChI is InChI=1S/C14H9N8S/c1-10(11-3-2-4-20-7-11)21-22(13(19)23)14(8-17,9-18)12(5-15)6-16/h2-4,7H,1H3,(H2,19,23)/q-1/p+1/b21-10-. The maximum absolute atomic E-state index is 9.40. The minimum absolute atomic E-state index is 0.322. The third kappa shape index (κ3) is 3.44. The molecule has 1 heterocycles. The number of hydrogen-bond donors (Lipinski definition) is 2. The second kappa shape index (κ2) is 7.56. The van der Waals surface area contributed by atoms with E-state index in [0.29, 0.717) is 11.3 Å². The van der Waals surface area contributed by atoms with Crippen LogP contribution in [0.25, 0.3) is 5.41 Å². The fourth-order valence-electron chi connectivity index (χ4n) is 1.69. The Kier molecular flexibility index (Phi) is 5.80. The molecule has 0 bridgehead atoms. The van der Waals surface area contributed by atoms with Gasteiger partial charge in [-0.3, -0.25) is 4.98 Å². The van der Waals surface area contributed by atoms with Crippen LogP contribution in [0.5, 0.6) is 0 Å². The third-order valence-corrected chi connectivity index (χ3v) is 3.07. The number of pyridine rings is 1. The maximum Gasteiger partial charge on any atom is 0.341 e. The summed E-state index contributed by atoms with van der Waals surface area (Å²) < 4.78 is 0. The van der Waals surface area contributed by atoms with Crippen LogP contribution in [0.4, 0.5) is 0 Å². The van der Waals surface area contributed by atoms with Crippen LogP contribution in [0, 0.1) is 34.0 Å². The highest BCUT2D eigenvalue weighted by molar-refractivity contribution is 7.79. The molecule has 0 aliphatic heterocycles. The fraction of sp³-hybridized carbons (Fsp3) is 0.143. The number of hydrogen-bond acceptors (Lipinski definition) is 6. The summed E-state index contributed by atoms with van der Waals surface area (Å²) in [5.41, 5.74) is 3.68. The van der Waals surface area contributed by atoms with Crippen LogP contribution >= 0.6 is 12.2 Å². The average Bonchev–Trinajstić information content (AvgIpc) is 2.58. The molecular formula is C14H10N8S. The van der Waals surface area contributed by atoms with E-state index in [2.05, 4.69) is 10.1 Å². The van der Waals surface area contributed by atoms with Crippen LogP contribution in [-0.4, -0.2) is 27.2 Å². The molecule has 0 aromatic carbocycles. The number of rotatable bonds is 4. The fourth-order valence-corrected chi connectivity index (χ4v) is 1.89. The number of thiocarbonyl (C=S) groups is 1. The van der Waals surface area contributed by atoms with Crippen molar-refractivity contribution in [1.82, 2.24) is 4.98 Å².